The van der Waals surface area contributed by atoms with Crippen LogP contribution in [0.3, 0.4) is 0 Å². The molecule has 0 radical (unpaired) electrons. The van der Waals surface area contributed by atoms with Gasteiger partial charge < -0.3 is 25.1 Å². The molecule has 4 atom stereocenters. The molecule has 0 aromatic heterocycles. The van der Waals surface area contributed by atoms with Gasteiger partial charge >= 0.3 is 8.25 Å². The van der Waals surface area contributed by atoms with Crippen molar-refractivity contribution in [3.8, 4) is 12.3 Å². The van der Waals surface area contributed by atoms with Gasteiger partial charge in [0.2, 0.25) is 0 Å². The molecule has 0 aromatic rings. The molecule has 86 valence electrons. The van der Waals surface area contributed by atoms with E-state index in [4.69, 9.17) is 31.0 Å². The molecule has 0 bridgehead atoms. The van der Waals surface area contributed by atoms with Crippen molar-refractivity contribution in [1.29, 1.82) is 0 Å². The van der Waals surface area contributed by atoms with Crippen molar-refractivity contribution in [3.05, 3.63) is 0 Å². The second kappa shape index (κ2) is 6.10. The molecule has 1 aliphatic heterocycles. The largest absolute Gasteiger partial charge is 0.674 e. The molecule has 7 nitrogen and oxygen atoms in total. The average molecular weight is 237 g/mol. The summed E-state index contributed by atoms with van der Waals surface area (Å²) in [7, 11) is -3.15. The van der Waals surface area contributed by atoms with E-state index in [1.807, 2.05) is 0 Å². The van der Waals surface area contributed by atoms with Gasteiger partial charge in [-0.15, -0.1) is 6.42 Å². The Balaban J connectivity index is 0.000000336. The third-order valence-electron chi connectivity index (χ3n) is 1.79. The molecule has 0 amide bonds. The molecular formula is C7H10O7P-. The van der Waals surface area contributed by atoms with Crippen molar-refractivity contribution in [2.24, 2.45) is 0 Å². The van der Waals surface area contributed by atoms with Crippen LogP contribution in [0.4, 0.5) is 0 Å². The number of ether oxygens (including phenoxy) is 1. The summed E-state index contributed by atoms with van der Waals surface area (Å²) < 4.78 is 16.2. The fourth-order valence-electron chi connectivity index (χ4n) is 0.955. The lowest BCUT2D eigenvalue weighted by Gasteiger charge is -2.19. The number of hydrogen-bond donors (Lipinski definition) is 2. The number of aliphatic hydroxyl groups excluding tert-OH is 2. The van der Waals surface area contributed by atoms with Crippen molar-refractivity contribution < 1.29 is 34.3 Å². The number of hydrogen-bond acceptors (Lipinski definition) is 7. The molecule has 15 heavy (non-hydrogen) atoms. The summed E-state index contributed by atoms with van der Waals surface area (Å²) >= 11 is 0. The Labute approximate surface area is 87.1 Å². The van der Waals surface area contributed by atoms with Crippen LogP contribution in [-0.4, -0.2) is 28.2 Å². The zero-order chi connectivity index (χ0) is 12.1. The van der Waals surface area contributed by atoms with Crippen LogP contribution in [-0.2, 0) is 14.0 Å². The molecule has 0 spiro atoms. The maximum absolute atomic E-state index is 9.19. The summed E-state index contributed by atoms with van der Waals surface area (Å²) in [6, 6.07) is 0. The van der Waals surface area contributed by atoms with Crippen LogP contribution in [0.2, 0.25) is 0 Å². The molecule has 1 aliphatic rings. The molecule has 1 heterocycles. The Kier molecular flexibility index (Phi) is 5.87. The van der Waals surface area contributed by atoms with E-state index in [1.54, 1.807) is 6.92 Å². The van der Waals surface area contributed by atoms with E-state index in [9.17, 15) is 5.11 Å². The van der Waals surface area contributed by atoms with Gasteiger partial charge in [-0.1, -0.05) is 5.92 Å². The Bertz CT molecular complexity index is 263. The summed E-state index contributed by atoms with van der Waals surface area (Å²) in [4.78, 5) is 8.87. The van der Waals surface area contributed by atoms with E-state index in [0.717, 1.165) is 0 Å². The first-order valence-electron chi connectivity index (χ1n) is 3.81. The number of rotatable bonds is 1. The zero-order valence-corrected chi connectivity index (χ0v) is 8.72. The van der Waals surface area contributed by atoms with E-state index < -0.39 is 26.2 Å². The minimum absolute atomic E-state index is 0.195. The molecule has 0 aromatic carbocycles. The lowest BCUT2D eigenvalue weighted by Crippen LogP contribution is -2.33. The minimum Gasteiger partial charge on any atom is -0.674 e. The van der Waals surface area contributed by atoms with Crippen molar-refractivity contribution >= 4 is 8.25 Å². The quantitative estimate of drug-likeness (QED) is 0.229. The lowest BCUT2D eigenvalue weighted by molar-refractivity contribution is -0.644. The van der Waals surface area contributed by atoms with Crippen molar-refractivity contribution in [3.63, 3.8) is 0 Å². The third kappa shape index (κ3) is 4.64. The molecule has 1 saturated heterocycles. The van der Waals surface area contributed by atoms with Gasteiger partial charge in [0.25, 0.3) is 0 Å². The molecule has 2 N–H and O–H groups in total. The highest BCUT2D eigenvalue weighted by Crippen LogP contribution is 2.28. The smallest absolute Gasteiger partial charge is 0.479 e. The van der Waals surface area contributed by atoms with Gasteiger partial charge in [-0.2, -0.15) is 0 Å². The SMILES string of the molecule is C#C[C@]1(C)OC(O)C[C@@H]1O.O=[P+]([O-])O[O-]. The molecule has 2 unspecified atom stereocenters. The normalized spacial score (nSPS) is 35.1. The predicted octanol–water partition coefficient (Wildman–Crippen LogP) is -2.23. The standard InChI is InChI=1S/C7H10O3.HO4P/c1-3-7(2)5(8)4-6(9)10-7;1-4-5(2)3/h1,5-6,8-9H,4H2,2H3;1H/p-1/t5-,6?,7-;/m0./s1. The van der Waals surface area contributed by atoms with Gasteiger partial charge in [0.05, 0.1) is 6.10 Å². The molecule has 1 fully saturated rings. The lowest BCUT2D eigenvalue weighted by atomic mass is 10.0. The second-order valence-corrected chi connectivity index (χ2v) is 3.47. The monoisotopic (exact) mass is 237 g/mol. The first-order chi connectivity index (χ1) is 6.85. The Hall–Kier alpha value is -0.580. The van der Waals surface area contributed by atoms with E-state index in [-0.39, 0.29) is 6.42 Å². The van der Waals surface area contributed by atoms with Gasteiger partial charge in [-0.3, -0.25) is 0 Å². The molecule has 0 saturated carbocycles. The predicted molar refractivity (Wildman–Crippen MR) is 43.6 cm³/mol. The third-order valence-corrected chi connectivity index (χ3v) is 1.91. The first-order valence-corrected chi connectivity index (χ1v) is 4.91. The summed E-state index contributed by atoms with van der Waals surface area (Å²) in [5.41, 5.74) is -1.00. The Morgan fingerprint density at radius 2 is 2.20 bits per heavy atom. The topological polar surface area (TPSA) is 122 Å². The maximum atomic E-state index is 9.19. The van der Waals surface area contributed by atoms with Crippen LogP contribution in [0.5, 0.6) is 0 Å². The highest BCUT2D eigenvalue weighted by molar-refractivity contribution is 7.30. The van der Waals surface area contributed by atoms with Crippen LogP contribution in [0, 0.1) is 12.3 Å². The number of aliphatic hydroxyl groups is 2. The average Bonchev–Trinajstić information content (AvgIpc) is 2.42. The van der Waals surface area contributed by atoms with Crippen LogP contribution in [0.1, 0.15) is 13.3 Å². The molecular weight excluding hydrogens is 227 g/mol. The van der Waals surface area contributed by atoms with Gasteiger partial charge in [-0.05, 0) is 11.5 Å². The Morgan fingerprint density at radius 3 is 2.33 bits per heavy atom. The molecule has 8 heteroatoms. The van der Waals surface area contributed by atoms with Gasteiger partial charge in [0.15, 0.2) is 11.9 Å². The van der Waals surface area contributed by atoms with Crippen LogP contribution < -0.4 is 10.2 Å². The van der Waals surface area contributed by atoms with Crippen molar-refractivity contribution in [1.82, 2.24) is 0 Å². The molecule has 1 rings (SSSR count). The van der Waals surface area contributed by atoms with Crippen molar-refractivity contribution in [2.45, 2.75) is 31.3 Å². The van der Waals surface area contributed by atoms with Crippen LogP contribution in [0.15, 0.2) is 0 Å². The minimum atomic E-state index is -3.15. The Morgan fingerprint density at radius 1 is 1.73 bits per heavy atom. The van der Waals surface area contributed by atoms with Gasteiger partial charge in [0, 0.05) is 6.42 Å². The van der Waals surface area contributed by atoms with Crippen LogP contribution in [0.25, 0.3) is 0 Å². The van der Waals surface area contributed by atoms with Crippen LogP contribution >= 0.6 is 8.25 Å². The zero-order valence-electron chi connectivity index (χ0n) is 7.82. The fourth-order valence-corrected chi connectivity index (χ4v) is 0.955. The van der Waals surface area contributed by atoms with Gasteiger partial charge in [0.1, 0.15) is 0 Å². The summed E-state index contributed by atoms with van der Waals surface area (Å²) in [5.74, 6) is 2.29. The first kappa shape index (κ1) is 14.4. The maximum Gasteiger partial charge on any atom is 0.479 e. The second-order valence-electron chi connectivity index (χ2n) is 2.87. The van der Waals surface area contributed by atoms with E-state index >= 15 is 0 Å². The number of terminal acetylenes is 1. The summed E-state index contributed by atoms with van der Waals surface area (Å²) in [6.07, 6.45) is 3.59. The van der Waals surface area contributed by atoms with Crippen molar-refractivity contribution in [2.75, 3.05) is 0 Å². The van der Waals surface area contributed by atoms with E-state index in [2.05, 4.69) is 10.6 Å². The van der Waals surface area contributed by atoms with E-state index in [0.29, 0.717) is 0 Å². The van der Waals surface area contributed by atoms with Gasteiger partial charge in [-0.25, -0.2) is 4.67 Å². The van der Waals surface area contributed by atoms with E-state index in [1.165, 1.54) is 0 Å². The highest BCUT2D eigenvalue weighted by atomic mass is 31.1. The summed E-state index contributed by atoms with van der Waals surface area (Å²) in [6.45, 7) is 1.58. The summed E-state index contributed by atoms with van der Waals surface area (Å²) in [5, 5.41) is 26.6. The highest BCUT2D eigenvalue weighted by Gasteiger charge is 2.42. The fraction of sp³-hybridized carbons (Fsp3) is 0.714. The molecule has 0 aliphatic carbocycles.